The van der Waals surface area contributed by atoms with Crippen molar-refractivity contribution in [2.75, 3.05) is 41.5 Å². The lowest BCUT2D eigenvalue weighted by Gasteiger charge is -2.29. The Hall–Kier alpha value is -3.69. The van der Waals surface area contributed by atoms with Crippen LogP contribution in [0.5, 0.6) is 23.0 Å². The van der Waals surface area contributed by atoms with E-state index in [-0.39, 0.29) is 5.92 Å². The number of hydrogen-bond donors (Lipinski definition) is 0. The maximum atomic E-state index is 8.25. The average Bonchev–Trinajstić information content (AvgIpc) is 2.97. The van der Waals surface area contributed by atoms with E-state index >= 15 is 0 Å². The van der Waals surface area contributed by atoms with Crippen LogP contribution in [0.25, 0.3) is 4.85 Å². The molecule has 6 heteroatoms. The van der Waals surface area contributed by atoms with Crippen molar-refractivity contribution in [2.24, 2.45) is 5.92 Å². The first-order chi connectivity index (χ1) is 18.9. The molecule has 0 N–H and O–H groups in total. The zero-order chi connectivity index (χ0) is 28.3. The van der Waals surface area contributed by atoms with Crippen LogP contribution in [0.1, 0.15) is 43.4 Å². The number of hydrogen-bond acceptors (Lipinski definition) is 5. The Morgan fingerprint density at radius 3 is 1.95 bits per heavy atom. The van der Waals surface area contributed by atoms with Gasteiger partial charge in [0.2, 0.25) is 0 Å². The summed E-state index contributed by atoms with van der Waals surface area (Å²) in [5.41, 5.74) is 2.82. The molecule has 0 amide bonds. The first-order valence-electron chi connectivity index (χ1n) is 13.5. The zero-order valence-electron chi connectivity index (χ0n) is 24.2. The monoisotopic (exact) mass is 530 g/mol. The van der Waals surface area contributed by atoms with Crippen LogP contribution in [0.3, 0.4) is 0 Å². The molecule has 0 aliphatic rings. The van der Waals surface area contributed by atoms with Gasteiger partial charge in [-0.25, -0.2) is 6.57 Å². The summed E-state index contributed by atoms with van der Waals surface area (Å²) in [6.07, 6.45) is 2.54. The molecule has 0 aromatic heterocycles. The van der Waals surface area contributed by atoms with Crippen molar-refractivity contribution in [2.45, 2.75) is 45.2 Å². The minimum Gasteiger partial charge on any atom is -0.493 e. The van der Waals surface area contributed by atoms with Crippen molar-refractivity contribution in [1.82, 2.24) is 4.90 Å². The van der Waals surface area contributed by atoms with Gasteiger partial charge in [0.05, 0.1) is 28.4 Å². The fourth-order valence-corrected chi connectivity index (χ4v) is 5.13. The highest BCUT2D eigenvalue weighted by Gasteiger charge is 2.42. The van der Waals surface area contributed by atoms with Gasteiger partial charge in [-0.3, -0.25) is 4.90 Å². The second kappa shape index (κ2) is 14.5. The summed E-state index contributed by atoms with van der Waals surface area (Å²) < 4.78 is 21.9. The third kappa shape index (κ3) is 7.46. The molecule has 0 saturated heterocycles. The molecular weight excluding hydrogens is 488 g/mol. The Kier molecular flexibility index (Phi) is 11.1. The molecular formula is C33H42N2O4. The lowest BCUT2D eigenvalue weighted by atomic mass is 9.77. The van der Waals surface area contributed by atoms with Crippen LogP contribution < -0.4 is 18.9 Å². The highest BCUT2D eigenvalue weighted by molar-refractivity contribution is 5.46. The van der Waals surface area contributed by atoms with Crippen molar-refractivity contribution >= 4 is 0 Å². The molecule has 6 nitrogen and oxygen atoms in total. The van der Waals surface area contributed by atoms with Crippen LogP contribution >= 0.6 is 0 Å². The van der Waals surface area contributed by atoms with Gasteiger partial charge in [-0.15, -0.1) is 0 Å². The van der Waals surface area contributed by atoms with E-state index in [0.29, 0.717) is 11.5 Å². The topological polar surface area (TPSA) is 44.5 Å². The second-order valence-electron chi connectivity index (χ2n) is 10.1. The number of methoxy groups -OCH3 is 4. The summed E-state index contributed by atoms with van der Waals surface area (Å²) in [5, 5.41) is 0. The largest absolute Gasteiger partial charge is 0.493 e. The van der Waals surface area contributed by atoms with Gasteiger partial charge in [0.1, 0.15) is 0 Å². The summed E-state index contributed by atoms with van der Waals surface area (Å²) in [4.78, 5) is 6.72. The molecule has 0 radical (unpaired) electrons. The molecule has 0 aliphatic carbocycles. The summed E-state index contributed by atoms with van der Waals surface area (Å²) in [7, 11) is 6.59. The molecule has 3 aromatic rings. The van der Waals surface area contributed by atoms with Crippen LogP contribution in [0, 0.1) is 12.5 Å². The van der Waals surface area contributed by atoms with Gasteiger partial charge in [0.15, 0.2) is 23.0 Å². The Morgan fingerprint density at radius 2 is 1.36 bits per heavy atom. The zero-order valence-corrected chi connectivity index (χ0v) is 24.2. The van der Waals surface area contributed by atoms with Crippen LogP contribution in [-0.2, 0) is 18.5 Å². The molecule has 0 fully saturated rings. The van der Waals surface area contributed by atoms with E-state index in [1.54, 1.807) is 28.4 Å². The highest BCUT2D eigenvalue weighted by atomic mass is 16.5. The standard InChI is InChI=1S/C33H42N2O4/c1-25(2)33(34-3,28-15-17-30(37-5)32(23-28)39-7)19-11-20-35(24-27-12-9-8-10-13-27)21-18-26-14-16-29(36-4)31(22-26)38-6/h8-10,12-17,22-23,25H,11,18-21,24H2,1-2,4-7H3. The fourth-order valence-electron chi connectivity index (χ4n) is 5.13. The van der Waals surface area contributed by atoms with Gasteiger partial charge >= 0.3 is 0 Å². The Bertz CT molecular complexity index is 1220. The minimum atomic E-state index is -0.638. The molecule has 3 rings (SSSR count). The van der Waals surface area contributed by atoms with E-state index in [0.717, 1.165) is 56.0 Å². The van der Waals surface area contributed by atoms with Gasteiger partial charge in [-0.05, 0) is 60.8 Å². The van der Waals surface area contributed by atoms with Gasteiger partial charge < -0.3 is 23.8 Å². The van der Waals surface area contributed by atoms with Crippen molar-refractivity contribution in [3.05, 3.63) is 94.8 Å². The summed E-state index contributed by atoms with van der Waals surface area (Å²) in [6.45, 7) is 15.2. The fraction of sp³-hybridized carbons (Fsp3) is 0.424. The van der Waals surface area contributed by atoms with E-state index in [2.05, 4.69) is 60.0 Å². The summed E-state index contributed by atoms with van der Waals surface area (Å²) in [5.74, 6) is 2.96. The molecule has 0 saturated carbocycles. The van der Waals surface area contributed by atoms with Crippen molar-refractivity contribution in [3.63, 3.8) is 0 Å². The molecule has 1 atom stereocenters. The van der Waals surface area contributed by atoms with E-state index in [4.69, 9.17) is 25.5 Å². The van der Waals surface area contributed by atoms with E-state index in [9.17, 15) is 0 Å². The van der Waals surface area contributed by atoms with Crippen LogP contribution in [-0.4, -0.2) is 46.4 Å². The van der Waals surface area contributed by atoms with Crippen LogP contribution in [0.15, 0.2) is 66.7 Å². The van der Waals surface area contributed by atoms with E-state index < -0.39 is 5.54 Å². The second-order valence-corrected chi connectivity index (χ2v) is 10.1. The minimum absolute atomic E-state index is 0.141. The van der Waals surface area contributed by atoms with Crippen molar-refractivity contribution in [1.29, 1.82) is 0 Å². The smallest absolute Gasteiger partial charge is 0.259 e. The van der Waals surface area contributed by atoms with Crippen molar-refractivity contribution < 1.29 is 18.9 Å². The molecule has 0 heterocycles. The number of rotatable bonds is 15. The third-order valence-electron chi connectivity index (χ3n) is 7.48. The molecule has 1 unspecified atom stereocenters. The Morgan fingerprint density at radius 1 is 0.744 bits per heavy atom. The molecule has 0 bridgehead atoms. The number of nitrogens with zero attached hydrogens (tertiary/aromatic N) is 2. The van der Waals surface area contributed by atoms with Gasteiger partial charge in [0, 0.05) is 31.0 Å². The average molecular weight is 531 g/mol. The van der Waals surface area contributed by atoms with Crippen LogP contribution in [0.2, 0.25) is 0 Å². The normalized spacial score (nSPS) is 12.6. The quantitative estimate of drug-likeness (QED) is 0.198. The number of ether oxygens (including phenoxy) is 4. The molecule has 0 spiro atoms. The lowest BCUT2D eigenvalue weighted by Crippen LogP contribution is -2.32. The van der Waals surface area contributed by atoms with E-state index in [1.165, 1.54) is 11.1 Å². The van der Waals surface area contributed by atoms with Gasteiger partial charge in [0.25, 0.3) is 5.54 Å². The van der Waals surface area contributed by atoms with Gasteiger partial charge in [-0.1, -0.05) is 50.2 Å². The SMILES string of the molecule is [C-]#[N+]C(CCCN(CCc1ccc(OC)c(OC)c1)Cc1ccccc1)(c1ccc(OC)c(OC)c1)C(C)C. The molecule has 208 valence electrons. The molecule has 0 aliphatic heterocycles. The maximum absolute atomic E-state index is 8.25. The lowest BCUT2D eigenvalue weighted by molar-refractivity contribution is 0.243. The van der Waals surface area contributed by atoms with Crippen molar-refractivity contribution in [3.8, 4) is 23.0 Å². The van der Waals surface area contributed by atoms with Gasteiger partial charge in [-0.2, -0.15) is 0 Å². The first kappa shape index (κ1) is 29.9. The molecule has 3 aromatic carbocycles. The summed E-state index contributed by atoms with van der Waals surface area (Å²) >= 11 is 0. The number of benzene rings is 3. The molecule has 39 heavy (non-hydrogen) atoms. The Labute approximate surface area is 234 Å². The first-order valence-corrected chi connectivity index (χ1v) is 13.5. The maximum Gasteiger partial charge on any atom is 0.259 e. The predicted molar refractivity (Wildman–Crippen MR) is 157 cm³/mol. The van der Waals surface area contributed by atoms with E-state index in [1.807, 2.05) is 30.3 Å². The predicted octanol–water partition coefficient (Wildman–Crippen LogP) is 7.02. The Balaban J connectivity index is 1.77. The van der Waals surface area contributed by atoms with Crippen LogP contribution in [0.4, 0.5) is 0 Å². The highest BCUT2D eigenvalue weighted by Crippen LogP contribution is 2.42. The third-order valence-corrected chi connectivity index (χ3v) is 7.48. The summed E-state index contributed by atoms with van der Waals surface area (Å²) in [6, 6.07) is 22.6.